The van der Waals surface area contributed by atoms with E-state index in [1.807, 2.05) is 52.0 Å². The number of hydrogen-bond acceptors (Lipinski definition) is 9. The molecule has 3 aromatic rings. The van der Waals surface area contributed by atoms with Crippen LogP contribution in [0.3, 0.4) is 0 Å². The summed E-state index contributed by atoms with van der Waals surface area (Å²) in [5, 5.41) is 12.5. The van der Waals surface area contributed by atoms with Gasteiger partial charge in [-0.3, -0.25) is 19.2 Å². The highest BCUT2D eigenvalue weighted by atomic mass is 16.2. The number of anilines is 3. The topological polar surface area (TPSA) is 160 Å². The van der Waals surface area contributed by atoms with Crippen molar-refractivity contribution < 1.29 is 28.8 Å². The zero-order valence-electron chi connectivity index (χ0n) is 38.0. The molecule has 0 aromatic heterocycles. The number of rotatable bonds is 13. The van der Waals surface area contributed by atoms with Gasteiger partial charge in [-0.15, -0.1) is 0 Å². The van der Waals surface area contributed by atoms with Gasteiger partial charge < -0.3 is 36.0 Å². The van der Waals surface area contributed by atoms with E-state index in [1.165, 1.54) is 5.56 Å². The second-order valence-corrected chi connectivity index (χ2v) is 18.5. The molecular weight excluding hydrogens is 783 g/mol. The van der Waals surface area contributed by atoms with Gasteiger partial charge in [0.2, 0.25) is 23.6 Å². The van der Waals surface area contributed by atoms with Gasteiger partial charge in [-0.1, -0.05) is 84.9 Å². The van der Waals surface area contributed by atoms with Gasteiger partial charge in [0.1, 0.15) is 12.1 Å². The van der Waals surface area contributed by atoms with E-state index in [1.54, 1.807) is 23.9 Å². The van der Waals surface area contributed by atoms with Crippen molar-refractivity contribution in [2.75, 3.05) is 42.7 Å². The third-order valence-electron chi connectivity index (χ3n) is 12.7. The maximum Gasteiger partial charge on any atom is 0.373 e. The van der Waals surface area contributed by atoms with Gasteiger partial charge in [0.05, 0.1) is 24.2 Å². The van der Waals surface area contributed by atoms with Crippen LogP contribution < -0.4 is 26.2 Å². The number of amides is 4. The molecule has 13 nitrogen and oxygen atoms in total. The average Bonchev–Trinajstić information content (AvgIpc) is 4.03. The maximum atomic E-state index is 13.6. The summed E-state index contributed by atoms with van der Waals surface area (Å²) in [6.45, 7) is 15.9. The molecule has 334 valence electrons. The van der Waals surface area contributed by atoms with Gasteiger partial charge in [-0.2, -0.15) is 9.59 Å². The van der Waals surface area contributed by atoms with Crippen molar-refractivity contribution >= 4 is 46.8 Å². The van der Waals surface area contributed by atoms with E-state index in [-0.39, 0.29) is 71.2 Å². The molecule has 6 rings (SSSR count). The molecule has 3 heterocycles. The third kappa shape index (κ3) is 11.0. The Morgan fingerprint density at radius 2 is 0.968 bits per heavy atom. The first kappa shape index (κ1) is 47.7. The average molecular weight is 850 g/mol. The van der Waals surface area contributed by atoms with E-state index in [0.717, 1.165) is 42.5 Å². The number of hydrogen-bond donors (Lipinski definition) is 4. The minimum atomic E-state index is -0.485. The molecule has 0 saturated carbocycles. The van der Waals surface area contributed by atoms with E-state index in [0.29, 0.717) is 37.3 Å². The van der Waals surface area contributed by atoms with Crippen LogP contribution in [0.1, 0.15) is 116 Å². The van der Waals surface area contributed by atoms with Crippen LogP contribution in [0, 0.1) is 11.8 Å². The zero-order chi connectivity index (χ0) is 45.3. The number of benzene rings is 3. The zero-order valence-corrected chi connectivity index (χ0v) is 38.0. The minimum absolute atomic E-state index is 0.0185. The SMILES string of the molecule is CN[C@H](C(=O)N1CCC[C@H]1C(=O)Nc1ccc([C@@H]2CC[C@@H](c3ccc(NC(=O)[C@@H]4CCCN4C(=O)[C@@H](NC)C(C)C)cc3)N2c2ccc(C(C)(C)C)cc2)cc1)C(C)C.O=C=O. The molecule has 3 fully saturated rings. The molecule has 3 saturated heterocycles. The number of carbonyl (C=O) groups is 4. The lowest BCUT2D eigenvalue weighted by Crippen LogP contribution is -2.52. The molecule has 62 heavy (non-hydrogen) atoms. The van der Waals surface area contributed by atoms with Crippen molar-refractivity contribution in [1.82, 2.24) is 20.4 Å². The summed E-state index contributed by atoms with van der Waals surface area (Å²) in [6.07, 6.45) is 5.04. The van der Waals surface area contributed by atoms with Crippen molar-refractivity contribution in [1.29, 1.82) is 0 Å². The Morgan fingerprint density at radius 3 is 1.29 bits per heavy atom. The Balaban J connectivity index is 0.00000235. The van der Waals surface area contributed by atoms with Crippen LogP contribution in [0.4, 0.5) is 17.1 Å². The molecule has 3 aliphatic rings. The lowest BCUT2D eigenvalue weighted by Gasteiger charge is -2.34. The first-order valence-electron chi connectivity index (χ1n) is 22.2. The summed E-state index contributed by atoms with van der Waals surface area (Å²) >= 11 is 0. The normalized spacial score (nSPS) is 21.0. The fraction of sp³-hybridized carbons (Fsp3) is 0.531. The molecule has 3 aliphatic heterocycles. The van der Waals surface area contributed by atoms with E-state index >= 15 is 0 Å². The molecular formula is C49H67N7O6. The summed E-state index contributed by atoms with van der Waals surface area (Å²) in [7, 11) is 3.59. The Kier molecular flexibility index (Phi) is 16.3. The first-order chi connectivity index (χ1) is 29.5. The van der Waals surface area contributed by atoms with Crippen molar-refractivity contribution in [3.8, 4) is 0 Å². The highest BCUT2D eigenvalue weighted by molar-refractivity contribution is 5.99. The minimum Gasteiger partial charge on any atom is -0.357 e. The molecule has 3 aromatic carbocycles. The smallest absolute Gasteiger partial charge is 0.357 e. The summed E-state index contributed by atoms with van der Waals surface area (Å²) in [4.78, 5) is 76.1. The fourth-order valence-corrected chi connectivity index (χ4v) is 9.43. The van der Waals surface area contributed by atoms with Gasteiger partial charge in [-0.05, 0) is 123 Å². The van der Waals surface area contributed by atoms with Crippen LogP contribution in [-0.4, -0.2) is 90.9 Å². The van der Waals surface area contributed by atoms with E-state index in [9.17, 15) is 19.2 Å². The molecule has 0 bridgehead atoms. The van der Waals surface area contributed by atoms with Gasteiger partial charge >= 0.3 is 6.15 Å². The van der Waals surface area contributed by atoms with Gasteiger partial charge in [-0.25, -0.2) is 0 Å². The Morgan fingerprint density at radius 1 is 0.597 bits per heavy atom. The molecule has 6 atom stereocenters. The van der Waals surface area contributed by atoms with Crippen LogP contribution in [0.2, 0.25) is 0 Å². The Hall–Kier alpha value is -5.36. The summed E-state index contributed by atoms with van der Waals surface area (Å²) in [5.74, 6) is -0.0886. The standard InChI is InChI=1S/C48H67N7O4.CO2/c1-30(2)42(49-8)46(58)53-28-10-12-40(53)44(56)51-35-20-14-32(15-21-35)38-26-27-39(55(38)37-24-18-34(19-25-37)48(5,6)7)33-16-22-36(23-17-33)52-45(57)41-13-11-29-54(41)47(59)43(50-9)31(3)4;2-1-3/h14-25,30-31,38-43,49-50H,10-13,26-29H2,1-9H3,(H,51,56)(H,52,57);/t38-,39-,40-,41-,42-,43-;/m0./s1. The monoisotopic (exact) mass is 850 g/mol. The number of nitrogens with one attached hydrogen (secondary N) is 4. The van der Waals surface area contributed by atoms with Gasteiger partial charge in [0.25, 0.3) is 0 Å². The largest absolute Gasteiger partial charge is 0.373 e. The molecule has 4 N–H and O–H groups in total. The third-order valence-corrected chi connectivity index (χ3v) is 12.7. The molecule has 0 aliphatic carbocycles. The number of likely N-dealkylation sites (tertiary alicyclic amines) is 2. The van der Waals surface area contributed by atoms with E-state index < -0.39 is 12.1 Å². The highest BCUT2D eigenvalue weighted by Gasteiger charge is 2.40. The van der Waals surface area contributed by atoms with Crippen molar-refractivity contribution in [2.24, 2.45) is 11.8 Å². The van der Waals surface area contributed by atoms with Gasteiger partial charge in [0.15, 0.2) is 0 Å². The molecule has 0 unspecified atom stereocenters. The van der Waals surface area contributed by atoms with E-state index in [2.05, 4.69) is 95.5 Å². The Bertz CT molecular complexity index is 1910. The maximum absolute atomic E-state index is 13.6. The molecule has 4 amide bonds. The second kappa shape index (κ2) is 21.1. The van der Waals surface area contributed by atoms with Gasteiger partial charge in [0, 0.05) is 30.2 Å². The highest BCUT2D eigenvalue weighted by Crippen LogP contribution is 2.47. The lowest BCUT2D eigenvalue weighted by atomic mass is 9.87. The van der Waals surface area contributed by atoms with Crippen molar-refractivity contribution in [3.05, 3.63) is 89.5 Å². The van der Waals surface area contributed by atoms with Crippen LogP contribution in [0.15, 0.2) is 72.8 Å². The summed E-state index contributed by atoms with van der Waals surface area (Å²) < 4.78 is 0. The van der Waals surface area contributed by atoms with E-state index in [4.69, 9.17) is 9.59 Å². The second-order valence-electron chi connectivity index (χ2n) is 18.5. The van der Waals surface area contributed by atoms with Crippen molar-refractivity contribution in [2.45, 2.75) is 129 Å². The molecule has 0 spiro atoms. The van der Waals surface area contributed by atoms with Crippen LogP contribution >= 0.6 is 0 Å². The van der Waals surface area contributed by atoms with Crippen molar-refractivity contribution in [3.63, 3.8) is 0 Å². The number of likely N-dealkylation sites (N-methyl/N-ethyl adjacent to an activating group) is 2. The fourth-order valence-electron chi connectivity index (χ4n) is 9.43. The number of carbonyl (C=O) groups excluding carboxylic acids is 6. The predicted molar refractivity (Wildman–Crippen MR) is 242 cm³/mol. The molecule has 0 radical (unpaired) electrons. The van der Waals surface area contributed by atoms with Crippen LogP contribution in [0.25, 0.3) is 0 Å². The molecule has 13 heteroatoms. The predicted octanol–water partition coefficient (Wildman–Crippen LogP) is 6.83. The summed E-state index contributed by atoms with van der Waals surface area (Å²) in [6, 6.07) is 23.9. The first-order valence-corrected chi connectivity index (χ1v) is 22.2. The lowest BCUT2D eigenvalue weighted by molar-refractivity contribution is -0.191. The quantitative estimate of drug-likeness (QED) is 0.145. The van der Waals surface area contributed by atoms with Crippen LogP contribution in [-0.2, 0) is 34.2 Å². The summed E-state index contributed by atoms with van der Waals surface area (Å²) in [5.41, 5.74) is 6.19. The number of nitrogens with zero attached hydrogens (tertiary/aromatic N) is 3. The van der Waals surface area contributed by atoms with Crippen LogP contribution in [0.5, 0.6) is 0 Å². The Labute approximate surface area is 367 Å².